The Balaban J connectivity index is 1.44. The number of ether oxygens (including phenoxy) is 1. The number of benzene rings is 2. The van der Waals surface area contributed by atoms with E-state index in [0.29, 0.717) is 0 Å². The lowest BCUT2D eigenvalue weighted by Gasteiger charge is -2.26. The maximum Gasteiger partial charge on any atom is 0.407 e. The van der Waals surface area contributed by atoms with Gasteiger partial charge >= 0.3 is 12.1 Å². The summed E-state index contributed by atoms with van der Waals surface area (Å²) in [6.45, 7) is 6.28. The van der Waals surface area contributed by atoms with Crippen molar-refractivity contribution in [3.8, 4) is 11.1 Å². The summed E-state index contributed by atoms with van der Waals surface area (Å²) in [5, 5.41) is 12.2. The number of carboxylic acids is 1. The number of carboxylic acid groups (broad SMARTS) is 1. The summed E-state index contributed by atoms with van der Waals surface area (Å²) >= 11 is 0. The standard InChI is InChI=1S/C26H28N2O4/c1-26(2,3)28-14-8-9-17(28)15-23(24(29)30)27-25(31)32-16-22-20-12-6-4-10-18(20)19-11-5-7-13-21(19)22/h4-14,22-23H,15-16H2,1-3H3,(H,27,31)(H,29,30). The number of hydrogen-bond acceptors (Lipinski definition) is 3. The minimum Gasteiger partial charge on any atom is -0.480 e. The molecule has 0 radical (unpaired) electrons. The zero-order valence-electron chi connectivity index (χ0n) is 18.5. The highest BCUT2D eigenvalue weighted by Crippen LogP contribution is 2.44. The van der Waals surface area contributed by atoms with Gasteiger partial charge in [-0.3, -0.25) is 0 Å². The molecular weight excluding hydrogens is 404 g/mol. The van der Waals surface area contributed by atoms with Crippen LogP contribution in [0.25, 0.3) is 11.1 Å². The summed E-state index contributed by atoms with van der Waals surface area (Å²) in [6, 6.07) is 18.8. The Kier molecular flexibility index (Phi) is 5.78. The Hall–Kier alpha value is -3.54. The van der Waals surface area contributed by atoms with Crippen LogP contribution in [0.4, 0.5) is 4.79 Å². The Bertz CT molecular complexity index is 1100. The monoisotopic (exact) mass is 432 g/mol. The van der Waals surface area contributed by atoms with E-state index in [1.165, 1.54) is 0 Å². The van der Waals surface area contributed by atoms with Crippen LogP contribution >= 0.6 is 0 Å². The lowest BCUT2D eigenvalue weighted by Crippen LogP contribution is -2.43. The molecule has 0 fully saturated rings. The Morgan fingerprint density at radius 1 is 1.00 bits per heavy atom. The zero-order chi connectivity index (χ0) is 22.9. The van der Waals surface area contributed by atoms with Crippen molar-refractivity contribution in [3.05, 3.63) is 83.7 Å². The van der Waals surface area contributed by atoms with E-state index in [9.17, 15) is 14.7 Å². The number of carbonyl (C=O) groups is 2. The number of nitrogens with zero attached hydrogens (tertiary/aromatic N) is 1. The molecule has 1 aromatic heterocycles. The van der Waals surface area contributed by atoms with Gasteiger partial charge in [0, 0.05) is 29.8 Å². The lowest BCUT2D eigenvalue weighted by molar-refractivity contribution is -0.139. The largest absolute Gasteiger partial charge is 0.480 e. The van der Waals surface area contributed by atoms with Gasteiger partial charge in [-0.25, -0.2) is 9.59 Å². The van der Waals surface area contributed by atoms with Gasteiger partial charge in [-0.2, -0.15) is 0 Å². The van der Waals surface area contributed by atoms with E-state index >= 15 is 0 Å². The van der Waals surface area contributed by atoms with Crippen LogP contribution in [-0.2, 0) is 21.5 Å². The number of rotatable bonds is 6. The molecule has 1 aliphatic carbocycles. The molecular formula is C26H28N2O4. The molecule has 0 spiro atoms. The second-order valence-corrected chi connectivity index (χ2v) is 9.11. The first-order valence-corrected chi connectivity index (χ1v) is 10.8. The van der Waals surface area contributed by atoms with E-state index in [1.54, 1.807) is 0 Å². The van der Waals surface area contributed by atoms with Crippen LogP contribution in [0.2, 0.25) is 0 Å². The minimum atomic E-state index is -1.10. The first-order chi connectivity index (χ1) is 15.3. The van der Waals surface area contributed by atoms with Crippen molar-refractivity contribution in [2.24, 2.45) is 0 Å². The highest BCUT2D eigenvalue weighted by atomic mass is 16.5. The number of nitrogens with one attached hydrogen (secondary N) is 1. The summed E-state index contributed by atoms with van der Waals surface area (Å²) < 4.78 is 7.53. The topological polar surface area (TPSA) is 80.6 Å². The molecule has 0 saturated heterocycles. The fraction of sp³-hybridized carbons (Fsp3) is 0.308. The fourth-order valence-corrected chi connectivity index (χ4v) is 4.43. The fourth-order valence-electron chi connectivity index (χ4n) is 4.43. The van der Waals surface area contributed by atoms with Crippen molar-refractivity contribution in [2.45, 2.75) is 44.7 Å². The number of aromatic nitrogens is 1. The Morgan fingerprint density at radius 3 is 2.16 bits per heavy atom. The van der Waals surface area contributed by atoms with E-state index < -0.39 is 18.1 Å². The third kappa shape index (κ3) is 4.26. The van der Waals surface area contributed by atoms with Crippen molar-refractivity contribution in [1.82, 2.24) is 9.88 Å². The summed E-state index contributed by atoms with van der Waals surface area (Å²) in [5.41, 5.74) is 5.15. The smallest absolute Gasteiger partial charge is 0.407 e. The van der Waals surface area contributed by atoms with Gasteiger partial charge in [-0.1, -0.05) is 48.5 Å². The molecule has 1 atom stereocenters. The summed E-state index contributed by atoms with van der Waals surface area (Å²) in [5.74, 6) is -1.17. The van der Waals surface area contributed by atoms with Gasteiger partial charge in [0.2, 0.25) is 0 Å². The van der Waals surface area contributed by atoms with Gasteiger partial charge in [-0.15, -0.1) is 0 Å². The van der Waals surface area contributed by atoms with E-state index in [4.69, 9.17) is 4.74 Å². The van der Waals surface area contributed by atoms with Crippen LogP contribution in [0.1, 0.15) is 43.5 Å². The van der Waals surface area contributed by atoms with Crippen LogP contribution < -0.4 is 5.32 Å². The van der Waals surface area contributed by atoms with Crippen molar-refractivity contribution in [1.29, 1.82) is 0 Å². The van der Waals surface area contributed by atoms with Crippen molar-refractivity contribution < 1.29 is 19.4 Å². The van der Waals surface area contributed by atoms with Crippen LogP contribution in [0.15, 0.2) is 66.9 Å². The van der Waals surface area contributed by atoms with E-state index in [0.717, 1.165) is 27.9 Å². The van der Waals surface area contributed by atoms with Crippen molar-refractivity contribution in [2.75, 3.05) is 6.61 Å². The highest BCUT2D eigenvalue weighted by Gasteiger charge is 2.30. The van der Waals surface area contributed by atoms with Gasteiger partial charge in [0.1, 0.15) is 12.6 Å². The average Bonchev–Trinajstić information content (AvgIpc) is 3.34. The van der Waals surface area contributed by atoms with Crippen LogP contribution in [0, 0.1) is 0 Å². The summed E-state index contributed by atoms with van der Waals surface area (Å²) in [6.07, 6.45) is 1.36. The predicted octanol–water partition coefficient (Wildman–Crippen LogP) is 4.78. The number of carbonyl (C=O) groups excluding carboxylic acids is 1. The predicted molar refractivity (Wildman–Crippen MR) is 123 cm³/mol. The van der Waals surface area contributed by atoms with Gasteiger partial charge in [0.05, 0.1) is 0 Å². The molecule has 0 aliphatic heterocycles. The molecule has 166 valence electrons. The minimum absolute atomic E-state index is 0.0745. The van der Waals surface area contributed by atoms with Gasteiger partial charge < -0.3 is 19.7 Å². The van der Waals surface area contributed by atoms with Crippen molar-refractivity contribution >= 4 is 12.1 Å². The second kappa shape index (κ2) is 8.54. The Labute approximate surface area is 187 Å². The molecule has 3 aromatic rings. The van der Waals surface area contributed by atoms with Crippen LogP contribution in [0.3, 0.4) is 0 Å². The third-order valence-corrected chi connectivity index (χ3v) is 5.90. The van der Waals surface area contributed by atoms with Crippen molar-refractivity contribution in [3.63, 3.8) is 0 Å². The average molecular weight is 433 g/mol. The number of aliphatic carboxylic acids is 1. The van der Waals surface area contributed by atoms with Gasteiger partial charge in [0.25, 0.3) is 0 Å². The first kappa shape index (κ1) is 21.7. The van der Waals surface area contributed by atoms with Crippen LogP contribution in [-0.4, -0.2) is 34.4 Å². The highest BCUT2D eigenvalue weighted by molar-refractivity contribution is 5.81. The number of alkyl carbamates (subject to hydrolysis) is 1. The summed E-state index contributed by atoms with van der Waals surface area (Å²) in [4.78, 5) is 24.4. The zero-order valence-corrected chi connectivity index (χ0v) is 18.5. The molecule has 2 N–H and O–H groups in total. The number of fused-ring (bicyclic) bond motifs is 3. The molecule has 1 aliphatic rings. The van der Waals surface area contributed by atoms with Gasteiger partial charge in [-0.05, 0) is 55.2 Å². The molecule has 32 heavy (non-hydrogen) atoms. The van der Waals surface area contributed by atoms with Crippen LogP contribution in [0.5, 0.6) is 0 Å². The number of hydrogen-bond donors (Lipinski definition) is 2. The maximum atomic E-state index is 12.5. The van der Waals surface area contributed by atoms with E-state index in [1.807, 2.05) is 80.1 Å². The van der Waals surface area contributed by atoms with E-state index in [-0.39, 0.29) is 24.5 Å². The normalized spacial score (nSPS) is 13.8. The second-order valence-electron chi connectivity index (χ2n) is 9.11. The molecule has 1 heterocycles. The number of amides is 1. The summed E-state index contributed by atoms with van der Waals surface area (Å²) in [7, 11) is 0. The molecule has 6 nitrogen and oxygen atoms in total. The maximum absolute atomic E-state index is 12.5. The Morgan fingerprint density at radius 2 is 1.59 bits per heavy atom. The molecule has 6 heteroatoms. The molecule has 1 amide bonds. The molecule has 0 bridgehead atoms. The molecule has 0 saturated carbocycles. The molecule has 4 rings (SSSR count). The third-order valence-electron chi connectivity index (χ3n) is 5.90. The molecule has 1 unspecified atom stereocenters. The quantitative estimate of drug-likeness (QED) is 0.588. The van der Waals surface area contributed by atoms with Gasteiger partial charge in [0.15, 0.2) is 0 Å². The molecule has 2 aromatic carbocycles. The van der Waals surface area contributed by atoms with E-state index in [2.05, 4.69) is 17.4 Å². The lowest BCUT2D eigenvalue weighted by atomic mass is 9.98. The SMILES string of the molecule is CC(C)(C)n1cccc1CC(NC(=O)OCC1c2ccccc2-c2ccccc21)C(=O)O. The first-order valence-electron chi connectivity index (χ1n) is 10.8.